The summed E-state index contributed by atoms with van der Waals surface area (Å²) in [4.78, 5) is 23.6. The summed E-state index contributed by atoms with van der Waals surface area (Å²) in [7, 11) is 1.40. The van der Waals surface area contributed by atoms with Gasteiger partial charge in [-0.15, -0.1) is 0 Å². The van der Waals surface area contributed by atoms with E-state index in [1.807, 2.05) is 0 Å². The molecular weight excluding hydrogens is 216 g/mol. The number of esters is 1. The van der Waals surface area contributed by atoms with E-state index in [4.69, 9.17) is 0 Å². The van der Waals surface area contributed by atoms with Gasteiger partial charge in [-0.3, -0.25) is 9.59 Å². The molecule has 2 fully saturated rings. The van der Waals surface area contributed by atoms with Crippen molar-refractivity contribution in [3.05, 3.63) is 0 Å². The molecule has 2 bridgehead atoms. The van der Waals surface area contributed by atoms with E-state index in [-0.39, 0.29) is 22.7 Å². The largest absolute Gasteiger partial charge is 0.469 e. The molecule has 2 rings (SSSR count). The predicted molar refractivity (Wildman–Crippen MR) is 64.4 cm³/mol. The molecule has 0 saturated heterocycles. The van der Waals surface area contributed by atoms with Crippen molar-refractivity contribution in [2.24, 2.45) is 22.7 Å². The summed E-state index contributed by atoms with van der Waals surface area (Å²) in [5.41, 5.74) is -0.0800. The fourth-order valence-electron chi connectivity index (χ4n) is 3.98. The van der Waals surface area contributed by atoms with Crippen molar-refractivity contribution in [2.75, 3.05) is 7.11 Å². The summed E-state index contributed by atoms with van der Waals surface area (Å²) < 4.78 is 4.65. The molecule has 0 aliphatic heterocycles. The summed E-state index contributed by atoms with van der Waals surface area (Å²) in [6.45, 7) is 6.52. The Morgan fingerprint density at radius 3 is 2.53 bits per heavy atom. The first-order chi connectivity index (χ1) is 7.84. The van der Waals surface area contributed by atoms with Gasteiger partial charge in [0.2, 0.25) is 0 Å². The van der Waals surface area contributed by atoms with Gasteiger partial charge in [-0.05, 0) is 30.6 Å². The van der Waals surface area contributed by atoms with Crippen molar-refractivity contribution in [2.45, 2.75) is 46.5 Å². The maximum absolute atomic E-state index is 12.5. The number of hydrogen-bond acceptors (Lipinski definition) is 3. The Bertz CT molecular complexity index is 358. The molecule has 0 N–H and O–H groups in total. The van der Waals surface area contributed by atoms with Gasteiger partial charge in [-0.1, -0.05) is 20.8 Å². The number of carbonyl (C=O) groups excluding carboxylic acids is 2. The second-order valence-corrected chi connectivity index (χ2v) is 6.28. The molecule has 2 aliphatic rings. The highest BCUT2D eigenvalue weighted by atomic mass is 16.5. The van der Waals surface area contributed by atoms with Crippen LogP contribution in [0.15, 0.2) is 0 Å². The van der Waals surface area contributed by atoms with Crippen molar-refractivity contribution in [1.82, 2.24) is 0 Å². The summed E-state index contributed by atoms with van der Waals surface area (Å²) >= 11 is 0. The quantitative estimate of drug-likeness (QED) is 0.710. The molecule has 3 heteroatoms. The Morgan fingerprint density at radius 1 is 1.41 bits per heavy atom. The van der Waals surface area contributed by atoms with Crippen molar-refractivity contribution in [3.63, 3.8) is 0 Å². The average molecular weight is 238 g/mol. The van der Waals surface area contributed by atoms with Gasteiger partial charge in [-0.2, -0.15) is 0 Å². The van der Waals surface area contributed by atoms with E-state index >= 15 is 0 Å². The van der Waals surface area contributed by atoms with E-state index in [0.717, 1.165) is 12.8 Å². The smallest absolute Gasteiger partial charge is 0.305 e. The molecule has 0 radical (unpaired) electrons. The minimum atomic E-state index is -0.205. The number of Topliss-reactive ketones (excluding diaryl/α,β-unsaturated/α-hetero) is 1. The van der Waals surface area contributed by atoms with Crippen molar-refractivity contribution >= 4 is 11.8 Å². The van der Waals surface area contributed by atoms with E-state index in [1.54, 1.807) is 0 Å². The molecule has 0 aromatic heterocycles. The first kappa shape index (κ1) is 12.6. The normalized spacial score (nSPS) is 38.5. The standard InChI is InChI=1S/C14H22O3/c1-13(2)10-7-8-14(13,3)12(16)9(10)5-6-11(15)17-4/h9-10H,5-8H2,1-4H3/t9-,10-,14+/m1/s1. The maximum Gasteiger partial charge on any atom is 0.305 e. The zero-order valence-corrected chi connectivity index (χ0v) is 11.2. The van der Waals surface area contributed by atoms with Gasteiger partial charge in [0, 0.05) is 17.8 Å². The van der Waals surface area contributed by atoms with E-state index in [2.05, 4.69) is 25.5 Å². The highest BCUT2D eigenvalue weighted by molar-refractivity contribution is 5.91. The second-order valence-electron chi connectivity index (χ2n) is 6.28. The van der Waals surface area contributed by atoms with Crippen LogP contribution in [-0.2, 0) is 14.3 Å². The predicted octanol–water partition coefficient (Wildman–Crippen LogP) is 2.58. The number of hydrogen-bond donors (Lipinski definition) is 0. The Morgan fingerprint density at radius 2 is 2.06 bits per heavy atom. The van der Waals surface area contributed by atoms with Gasteiger partial charge in [0.25, 0.3) is 0 Å². The molecule has 0 aromatic carbocycles. The highest BCUT2D eigenvalue weighted by Gasteiger charge is 2.65. The van der Waals surface area contributed by atoms with Crippen molar-refractivity contribution < 1.29 is 14.3 Å². The lowest BCUT2D eigenvalue weighted by Gasteiger charge is -2.32. The van der Waals surface area contributed by atoms with Gasteiger partial charge in [0.05, 0.1) is 7.11 Å². The molecule has 17 heavy (non-hydrogen) atoms. The number of carbonyl (C=O) groups is 2. The van der Waals surface area contributed by atoms with Gasteiger partial charge < -0.3 is 4.74 Å². The third-order valence-corrected chi connectivity index (χ3v) is 5.56. The fraction of sp³-hybridized carbons (Fsp3) is 0.857. The van der Waals surface area contributed by atoms with Gasteiger partial charge in [0.1, 0.15) is 5.78 Å². The van der Waals surface area contributed by atoms with Gasteiger partial charge in [-0.25, -0.2) is 0 Å². The van der Waals surface area contributed by atoms with Crippen LogP contribution in [0.3, 0.4) is 0 Å². The third kappa shape index (κ3) is 1.54. The van der Waals surface area contributed by atoms with Crippen LogP contribution in [0.25, 0.3) is 0 Å². The average Bonchev–Trinajstić information content (AvgIpc) is 2.59. The van der Waals surface area contributed by atoms with E-state index in [1.165, 1.54) is 7.11 Å². The number of rotatable bonds is 3. The molecule has 96 valence electrons. The molecule has 0 amide bonds. The molecule has 3 atom stereocenters. The molecule has 0 spiro atoms. The van der Waals surface area contributed by atoms with Crippen LogP contribution in [0.5, 0.6) is 0 Å². The summed E-state index contributed by atoms with van der Waals surface area (Å²) in [5, 5.41) is 0. The Balaban J connectivity index is 2.12. The zero-order valence-electron chi connectivity index (χ0n) is 11.2. The minimum Gasteiger partial charge on any atom is -0.469 e. The molecule has 0 unspecified atom stereocenters. The number of ketones is 1. The Hall–Kier alpha value is -0.860. The second kappa shape index (κ2) is 3.82. The van der Waals surface area contributed by atoms with Crippen LogP contribution in [0.1, 0.15) is 46.5 Å². The molecule has 0 heterocycles. The summed E-state index contributed by atoms with van der Waals surface area (Å²) in [6.07, 6.45) is 3.17. The monoisotopic (exact) mass is 238 g/mol. The number of fused-ring (bicyclic) bond motifs is 2. The fourth-order valence-corrected chi connectivity index (χ4v) is 3.98. The zero-order chi connectivity index (χ0) is 12.8. The Kier molecular flexibility index (Phi) is 2.83. The van der Waals surface area contributed by atoms with E-state index in [9.17, 15) is 9.59 Å². The lowest BCUT2D eigenvalue weighted by molar-refractivity contribution is -0.141. The third-order valence-electron chi connectivity index (χ3n) is 5.56. The Labute approximate surface area is 103 Å². The van der Waals surface area contributed by atoms with Crippen LogP contribution in [0, 0.1) is 22.7 Å². The van der Waals surface area contributed by atoms with Crippen LogP contribution >= 0.6 is 0 Å². The van der Waals surface area contributed by atoms with Crippen molar-refractivity contribution in [3.8, 4) is 0 Å². The molecule has 2 aliphatic carbocycles. The SMILES string of the molecule is COC(=O)CC[C@H]1C(=O)[C@]2(C)CC[C@H]1C2(C)C. The first-order valence-corrected chi connectivity index (χ1v) is 6.45. The summed E-state index contributed by atoms with van der Waals surface area (Å²) in [6, 6.07) is 0. The van der Waals surface area contributed by atoms with Crippen LogP contribution in [0.4, 0.5) is 0 Å². The first-order valence-electron chi connectivity index (χ1n) is 6.45. The molecular formula is C14H22O3. The van der Waals surface area contributed by atoms with Crippen molar-refractivity contribution in [1.29, 1.82) is 0 Å². The molecule has 0 aromatic rings. The number of methoxy groups -OCH3 is 1. The van der Waals surface area contributed by atoms with E-state index < -0.39 is 0 Å². The maximum atomic E-state index is 12.5. The highest BCUT2D eigenvalue weighted by Crippen LogP contribution is 2.66. The van der Waals surface area contributed by atoms with Gasteiger partial charge in [0.15, 0.2) is 0 Å². The lowest BCUT2D eigenvalue weighted by Crippen LogP contribution is -2.33. The lowest BCUT2D eigenvalue weighted by atomic mass is 9.70. The molecule has 2 saturated carbocycles. The van der Waals surface area contributed by atoms with E-state index in [0.29, 0.717) is 24.5 Å². The minimum absolute atomic E-state index is 0.0721. The number of ether oxygens (including phenoxy) is 1. The van der Waals surface area contributed by atoms with Crippen LogP contribution in [0.2, 0.25) is 0 Å². The summed E-state index contributed by atoms with van der Waals surface area (Å²) in [5.74, 6) is 0.693. The topological polar surface area (TPSA) is 43.4 Å². The van der Waals surface area contributed by atoms with Gasteiger partial charge >= 0.3 is 5.97 Å². The molecule has 3 nitrogen and oxygen atoms in total. The van der Waals surface area contributed by atoms with Crippen LogP contribution < -0.4 is 0 Å². The van der Waals surface area contributed by atoms with Crippen LogP contribution in [-0.4, -0.2) is 18.9 Å².